The zero-order valence-corrected chi connectivity index (χ0v) is 10.4. The highest BCUT2D eigenvalue weighted by molar-refractivity contribution is 6.42. The van der Waals surface area contributed by atoms with Gasteiger partial charge in [0.05, 0.1) is 0 Å². The monoisotopic (exact) mass is 229 g/mol. The molecule has 0 N–H and O–H groups in total. The van der Waals surface area contributed by atoms with Gasteiger partial charge in [-0.15, -0.1) is 0 Å². The lowest BCUT2D eigenvalue weighted by Gasteiger charge is -2.12. The second-order valence-electron chi connectivity index (χ2n) is 3.84. The molecule has 0 radical (unpaired) electrons. The molecule has 0 saturated carbocycles. The van der Waals surface area contributed by atoms with Crippen molar-refractivity contribution in [3.63, 3.8) is 0 Å². The molecule has 0 heterocycles. The summed E-state index contributed by atoms with van der Waals surface area (Å²) < 4.78 is 24.1. The smallest absolute Gasteiger partial charge is 0.378 e. The number of hydrogen-bond donors (Lipinski definition) is 0. The number of benzene rings is 1. The molecule has 0 atom stereocenters. The van der Waals surface area contributed by atoms with Crippen molar-refractivity contribution < 1.29 is 8.22 Å². The Morgan fingerprint density at radius 2 is 1.73 bits per heavy atom. The average Bonchev–Trinajstić information content (AvgIpc) is 2.18. The van der Waals surface area contributed by atoms with Crippen LogP contribution < -0.4 is 4.90 Å². The van der Waals surface area contributed by atoms with Crippen LogP contribution in [-0.2, 0) is 6.42 Å². The molecule has 0 unspecified atom stereocenters. The molecule has 1 nitrogen and oxygen atoms in total. The fourth-order valence-electron chi connectivity index (χ4n) is 1.42. The third kappa shape index (κ3) is 4.42. The standard InChI is InChI=1S/C11H17F2NSi/c1-14(2)11-7-5-10(6-8-11)4-3-9-15(12)13/h5-8,15H,3-4,9H2,1-2H3. The van der Waals surface area contributed by atoms with Gasteiger partial charge < -0.3 is 4.90 Å². The molecule has 0 saturated heterocycles. The van der Waals surface area contributed by atoms with Crippen LogP contribution in [0.3, 0.4) is 0 Å². The van der Waals surface area contributed by atoms with E-state index in [9.17, 15) is 8.22 Å². The van der Waals surface area contributed by atoms with Crippen molar-refractivity contribution in [3.05, 3.63) is 29.8 Å². The second-order valence-corrected chi connectivity index (χ2v) is 5.20. The number of aryl methyl sites for hydroxylation is 1. The maximum Gasteiger partial charge on any atom is 0.411 e. The molecule has 15 heavy (non-hydrogen) atoms. The Labute approximate surface area is 91.7 Å². The molecule has 1 aromatic rings. The third-order valence-corrected chi connectivity index (χ3v) is 3.19. The predicted octanol–water partition coefficient (Wildman–Crippen LogP) is 2.84. The van der Waals surface area contributed by atoms with Crippen LogP contribution >= 0.6 is 0 Å². The van der Waals surface area contributed by atoms with Crippen molar-refractivity contribution >= 4 is 15.2 Å². The normalized spacial score (nSPS) is 10.7. The van der Waals surface area contributed by atoms with E-state index in [1.54, 1.807) is 0 Å². The number of nitrogens with zero attached hydrogens (tertiary/aromatic N) is 1. The van der Waals surface area contributed by atoms with Gasteiger partial charge in [-0.3, -0.25) is 8.22 Å². The summed E-state index contributed by atoms with van der Waals surface area (Å²) in [4.78, 5) is 2.02. The molecule has 0 aliphatic carbocycles. The minimum atomic E-state index is -3.35. The Hall–Kier alpha value is -0.903. The van der Waals surface area contributed by atoms with Crippen molar-refractivity contribution in [2.24, 2.45) is 0 Å². The van der Waals surface area contributed by atoms with E-state index in [0.29, 0.717) is 6.42 Å². The van der Waals surface area contributed by atoms with E-state index in [1.807, 2.05) is 43.3 Å². The quantitative estimate of drug-likeness (QED) is 0.554. The summed E-state index contributed by atoms with van der Waals surface area (Å²) in [5, 5.41) is 0. The van der Waals surface area contributed by atoms with Gasteiger partial charge in [0.1, 0.15) is 0 Å². The van der Waals surface area contributed by atoms with Gasteiger partial charge in [0, 0.05) is 19.8 Å². The highest BCUT2D eigenvalue weighted by Crippen LogP contribution is 2.14. The molecule has 0 aliphatic rings. The average molecular weight is 229 g/mol. The molecule has 0 aliphatic heterocycles. The molecule has 1 aromatic carbocycles. The summed E-state index contributed by atoms with van der Waals surface area (Å²) in [6.45, 7) is 0. The van der Waals surface area contributed by atoms with E-state index < -0.39 is 9.46 Å². The van der Waals surface area contributed by atoms with Gasteiger partial charge in [-0.25, -0.2) is 0 Å². The highest BCUT2D eigenvalue weighted by atomic mass is 28.4. The first-order valence-corrected chi connectivity index (χ1v) is 6.83. The Balaban J connectivity index is 2.43. The van der Waals surface area contributed by atoms with Crippen LogP contribution in [0.2, 0.25) is 6.04 Å². The summed E-state index contributed by atoms with van der Waals surface area (Å²) >= 11 is 0. The van der Waals surface area contributed by atoms with Crippen molar-refractivity contribution in [2.45, 2.75) is 18.9 Å². The largest absolute Gasteiger partial charge is 0.411 e. The van der Waals surface area contributed by atoms with E-state index in [-0.39, 0.29) is 6.04 Å². The molecule has 0 amide bonds. The zero-order chi connectivity index (χ0) is 11.3. The Morgan fingerprint density at radius 3 is 2.20 bits per heavy atom. The zero-order valence-electron chi connectivity index (χ0n) is 9.21. The van der Waals surface area contributed by atoms with Gasteiger partial charge in [-0.1, -0.05) is 12.1 Å². The Bertz CT molecular complexity index is 285. The van der Waals surface area contributed by atoms with Crippen LogP contribution in [0.4, 0.5) is 13.9 Å². The lowest BCUT2D eigenvalue weighted by Crippen LogP contribution is -2.08. The number of rotatable bonds is 5. The summed E-state index contributed by atoms with van der Waals surface area (Å²) in [5.41, 5.74) is 2.29. The number of hydrogen-bond acceptors (Lipinski definition) is 1. The van der Waals surface area contributed by atoms with Crippen molar-refractivity contribution in [2.75, 3.05) is 19.0 Å². The number of anilines is 1. The molecule has 0 bridgehead atoms. The summed E-state index contributed by atoms with van der Waals surface area (Å²) in [7, 11) is 0.621. The van der Waals surface area contributed by atoms with E-state index in [1.165, 1.54) is 0 Å². The van der Waals surface area contributed by atoms with Crippen molar-refractivity contribution in [1.29, 1.82) is 0 Å². The maximum atomic E-state index is 12.0. The summed E-state index contributed by atoms with van der Waals surface area (Å²) in [6, 6.07) is 8.21. The first-order chi connectivity index (χ1) is 7.09. The Kier molecular flexibility index (Phi) is 4.75. The minimum Gasteiger partial charge on any atom is -0.378 e. The molecule has 1 rings (SSSR count). The SMILES string of the molecule is CN(C)c1ccc(CCC[SiH](F)F)cc1. The van der Waals surface area contributed by atoms with Crippen LogP contribution in [0.25, 0.3) is 0 Å². The van der Waals surface area contributed by atoms with Crippen molar-refractivity contribution in [3.8, 4) is 0 Å². The summed E-state index contributed by atoms with van der Waals surface area (Å²) in [5.74, 6) is 0. The van der Waals surface area contributed by atoms with E-state index in [4.69, 9.17) is 0 Å². The first-order valence-electron chi connectivity index (χ1n) is 5.14. The lowest BCUT2D eigenvalue weighted by molar-refractivity contribution is 0.641. The van der Waals surface area contributed by atoms with Gasteiger partial charge in [0.2, 0.25) is 0 Å². The molecular formula is C11H17F2NSi. The molecule has 4 heteroatoms. The van der Waals surface area contributed by atoms with Crippen LogP contribution in [0.5, 0.6) is 0 Å². The molecule has 0 spiro atoms. The van der Waals surface area contributed by atoms with Gasteiger partial charge in [0.15, 0.2) is 0 Å². The van der Waals surface area contributed by atoms with E-state index in [2.05, 4.69) is 0 Å². The van der Waals surface area contributed by atoms with Crippen molar-refractivity contribution in [1.82, 2.24) is 0 Å². The topological polar surface area (TPSA) is 3.24 Å². The maximum absolute atomic E-state index is 12.0. The van der Waals surface area contributed by atoms with Gasteiger partial charge in [-0.05, 0) is 36.6 Å². The molecule has 84 valence electrons. The molecule has 0 aromatic heterocycles. The van der Waals surface area contributed by atoms with Crippen LogP contribution in [0.1, 0.15) is 12.0 Å². The first kappa shape index (κ1) is 12.2. The summed E-state index contributed by atoms with van der Waals surface area (Å²) in [6.07, 6.45) is 1.39. The van der Waals surface area contributed by atoms with Gasteiger partial charge in [-0.2, -0.15) is 0 Å². The molecular weight excluding hydrogens is 212 g/mol. The fraction of sp³-hybridized carbons (Fsp3) is 0.455. The Morgan fingerprint density at radius 1 is 1.13 bits per heavy atom. The minimum absolute atomic E-state index is 0.134. The second kappa shape index (κ2) is 5.85. The number of halogens is 2. The predicted molar refractivity (Wildman–Crippen MR) is 63.3 cm³/mol. The highest BCUT2D eigenvalue weighted by Gasteiger charge is 2.06. The molecule has 0 fully saturated rings. The van der Waals surface area contributed by atoms with E-state index >= 15 is 0 Å². The van der Waals surface area contributed by atoms with E-state index in [0.717, 1.165) is 17.7 Å². The van der Waals surface area contributed by atoms with Crippen LogP contribution in [0, 0.1) is 0 Å². The van der Waals surface area contributed by atoms with Crippen LogP contribution in [-0.4, -0.2) is 23.6 Å². The van der Waals surface area contributed by atoms with Crippen LogP contribution in [0.15, 0.2) is 24.3 Å². The van der Waals surface area contributed by atoms with Gasteiger partial charge in [0.25, 0.3) is 0 Å². The fourth-order valence-corrected chi connectivity index (χ4v) is 1.93. The third-order valence-electron chi connectivity index (χ3n) is 2.34. The van der Waals surface area contributed by atoms with Gasteiger partial charge >= 0.3 is 9.46 Å². The lowest BCUT2D eigenvalue weighted by atomic mass is 10.1.